The van der Waals surface area contributed by atoms with Gasteiger partial charge in [-0.05, 0) is 56.2 Å². The molecule has 0 spiro atoms. The zero-order valence-electron chi connectivity index (χ0n) is 16.3. The van der Waals surface area contributed by atoms with Gasteiger partial charge in [0.15, 0.2) is 11.0 Å². The smallest absolute Gasteiger partial charge is 0.233 e. The van der Waals surface area contributed by atoms with Gasteiger partial charge >= 0.3 is 0 Å². The van der Waals surface area contributed by atoms with E-state index < -0.39 is 0 Å². The van der Waals surface area contributed by atoms with Crippen LogP contribution in [0.4, 0.5) is 0 Å². The van der Waals surface area contributed by atoms with Crippen LogP contribution in [0.1, 0.15) is 19.8 Å². The van der Waals surface area contributed by atoms with Crippen LogP contribution in [0.15, 0.2) is 53.8 Å². The summed E-state index contributed by atoms with van der Waals surface area (Å²) < 4.78 is 7.50. The summed E-state index contributed by atoms with van der Waals surface area (Å²) in [6.45, 7) is 4.28. The average molecular weight is 410 g/mol. The van der Waals surface area contributed by atoms with Gasteiger partial charge in [0.2, 0.25) is 5.91 Å². The third-order valence-corrected chi connectivity index (χ3v) is 5.63. The molecule has 0 atom stereocenters. The molecular weight excluding hydrogens is 386 g/mol. The summed E-state index contributed by atoms with van der Waals surface area (Å²) in [7, 11) is 0. The SMILES string of the molecule is CCOc1ccc(-n2c(SCC(=O)N3CCCC3)nnc2-c2ccccn2)cc1. The number of ether oxygens (including phenoxy) is 1. The maximum atomic E-state index is 12.5. The Balaban J connectivity index is 1.64. The first-order valence-electron chi connectivity index (χ1n) is 9.77. The van der Waals surface area contributed by atoms with Gasteiger partial charge in [0.25, 0.3) is 0 Å². The fraction of sp³-hybridized carbons (Fsp3) is 0.333. The molecule has 7 nitrogen and oxygen atoms in total. The van der Waals surface area contributed by atoms with E-state index in [9.17, 15) is 4.79 Å². The number of amides is 1. The lowest BCUT2D eigenvalue weighted by atomic mass is 10.3. The van der Waals surface area contributed by atoms with E-state index in [4.69, 9.17) is 4.74 Å². The molecule has 0 aliphatic carbocycles. The Hall–Kier alpha value is -2.87. The highest BCUT2D eigenvalue weighted by Crippen LogP contribution is 2.28. The number of rotatable bonds is 7. The Bertz CT molecular complexity index is 953. The number of carbonyl (C=O) groups excluding carboxylic acids is 1. The zero-order valence-corrected chi connectivity index (χ0v) is 17.1. The van der Waals surface area contributed by atoms with Crippen LogP contribution in [0.2, 0.25) is 0 Å². The van der Waals surface area contributed by atoms with Crippen molar-refractivity contribution in [2.24, 2.45) is 0 Å². The highest BCUT2D eigenvalue weighted by Gasteiger charge is 2.21. The van der Waals surface area contributed by atoms with Crippen molar-refractivity contribution in [2.45, 2.75) is 24.9 Å². The lowest BCUT2D eigenvalue weighted by molar-refractivity contribution is -0.127. The summed E-state index contributed by atoms with van der Waals surface area (Å²) in [5.41, 5.74) is 1.63. The number of carbonyl (C=O) groups is 1. The molecule has 1 aliphatic heterocycles. The number of benzene rings is 1. The molecule has 150 valence electrons. The van der Waals surface area contributed by atoms with E-state index in [0.717, 1.165) is 43.1 Å². The number of hydrogen-bond acceptors (Lipinski definition) is 6. The maximum Gasteiger partial charge on any atom is 0.233 e. The number of likely N-dealkylation sites (tertiary alicyclic amines) is 1. The van der Waals surface area contributed by atoms with Crippen LogP contribution >= 0.6 is 11.8 Å². The summed E-state index contributed by atoms with van der Waals surface area (Å²) in [4.78, 5) is 18.8. The number of hydrogen-bond donors (Lipinski definition) is 0. The van der Waals surface area contributed by atoms with E-state index >= 15 is 0 Å². The van der Waals surface area contributed by atoms with Crippen LogP contribution in [0.5, 0.6) is 5.75 Å². The minimum atomic E-state index is 0.146. The van der Waals surface area contributed by atoms with Gasteiger partial charge in [-0.3, -0.25) is 14.3 Å². The van der Waals surface area contributed by atoms with E-state index in [1.165, 1.54) is 11.8 Å². The molecule has 3 aromatic rings. The van der Waals surface area contributed by atoms with Gasteiger partial charge in [0.1, 0.15) is 11.4 Å². The van der Waals surface area contributed by atoms with Gasteiger partial charge in [-0.1, -0.05) is 17.8 Å². The molecule has 0 saturated carbocycles. The lowest BCUT2D eigenvalue weighted by Crippen LogP contribution is -2.29. The second-order valence-electron chi connectivity index (χ2n) is 6.66. The summed E-state index contributed by atoms with van der Waals surface area (Å²) >= 11 is 1.41. The molecule has 1 amide bonds. The Morgan fingerprint density at radius 3 is 2.59 bits per heavy atom. The number of nitrogens with zero attached hydrogens (tertiary/aromatic N) is 5. The predicted molar refractivity (Wildman–Crippen MR) is 112 cm³/mol. The van der Waals surface area contributed by atoms with Crippen molar-refractivity contribution in [1.29, 1.82) is 0 Å². The number of pyridine rings is 1. The van der Waals surface area contributed by atoms with Gasteiger partial charge in [-0.25, -0.2) is 0 Å². The molecule has 0 N–H and O–H groups in total. The zero-order chi connectivity index (χ0) is 20.1. The summed E-state index contributed by atoms with van der Waals surface area (Å²) in [5, 5.41) is 9.40. The van der Waals surface area contributed by atoms with Crippen molar-refractivity contribution in [3.8, 4) is 23.0 Å². The van der Waals surface area contributed by atoms with Crippen LogP contribution in [-0.2, 0) is 4.79 Å². The summed E-state index contributed by atoms with van der Waals surface area (Å²) in [5.74, 6) is 1.94. The standard InChI is InChI=1S/C21H23N5O2S/c1-2-28-17-10-8-16(9-11-17)26-20(18-7-3-4-12-22-18)23-24-21(26)29-15-19(27)25-13-5-6-14-25/h3-4,7-12H,2,5-6,13-15H2,1H3. The molecule has 0 radical (unpaired) electrons. The summed E-state index contributed by atoms with van der Waals surface area (Å²) in [6, 6.07) is 13.5. The molecule has 4 rings (SSSR count). The van der Waals surface area contributed by atoms with E-state index in [1.807, 2.05) is 58.9 Å². The maximum absolute atomic E-state index is 12.5. The molecule has 1 aromatic carbocycles. The Labute approximate surface area is 174 Å². The molecular formula is C21H23N5O2S. The first-order chi connectivity index (χ1) is 14.3. The third-order valence-electron chi connectivity index (χ3n) is 4.72. The van der Waals surface area contributed by atoms with Crippen LogP contribution in [-0.4, -0.2) is 56.0 Å². The monoisotopic (exact) mass is 409 g/mol. The average Bonchev–Trinajstić information content (AvgIpc) is 3.44. The highest BCUT2D eigenvalue weighted by atomic mass is 32.2. The van der Waals surface area contributed by atoms with Crippen LogP contribution in [0.25, 0.3) is 17.2 Å². The molecule has 0 unspecified atom stereocenters. The quantitative estimate of drug-likeness (QED) is 0.557. The van der Waals surface area contributed by atoms with E-state index in [1.54, 1.807) is 6.20 Å². The van der Waals surface area contributed by atoms with E-state index in [0.29, 0.717) is 23.3 Å². The minimum absolute atomic E-state index is 0.146. The third kappa shape index (κ3) is 4.42. The fourth-order valence-electron chi connectivity index (χ4n) is 3.30. The van der Waals surface area contributed by atoms with Gasteiger partial charge < -0.3 is 9.64 Å². The second-order valence-corrected chi connectivity index (χ2v) is 7.60. The van der Waals surface area contributed by atoms with E-state index in [-0.39, 0.29) is 5.91 Å². The Morgan fingerprint density at radius 2 is 1.90 bits per heavy atom. The molecule has 3 heterocycles. The number of aromatic nitrogens is 4. The van der Waals surface area contributed by atoms with Crippen LogP contribution < -0.4 is 4.74 Å². The lowest BCUT2D eigenvalue weighted by Gasteiger charge is -2.15. The van der Waals surface area contributed by atoms with Gasteiger partial charge in [-0.2, -0.15) is 0 Å². The first-order valence-corrected chi connectivity index (χ1v) is 10.8. The minimum Gasteiger partial charge on any atom is -0.494 e. The summed E-state index contributed by atoms with van der Waals surface area (Å²) in [6.07, 6.45) is 3.90. The van der Waals surface area contributed by atoms with Crippen molar-refractivity contribution >= 4 is 17.7 Å². The molecule has 1 fully saturated rings. The van der Waals surface area contributed by atoms with Crippen molar-refractivity contribution in [1.82, 2.24) is 24.6 Å². The molecule has 8 heteroatoms. The van der Waals surface area contributed by atoms with Crippen molar-refractivity contribution in [3.05, 3.63) is 48.7 Å². The molecule has 1 aliphatic rings. The predicted octanol–water partition coefficient (Wildman–Crippen LogP) is 3.44. The molecule has 29 heavy (non-hydrogen) atoms. The van der Waals surface area contributed by atoms with E-state index in [2.05, 4.69) is 15.2 Å². The molecule has 2 aromatic heterocycles. The normalized spacial score (nSPS) is 13.6. The van der Waals surface area contributed by atoms with Gasteiger partial charge in [0, 0.05) is 19.3 Å². The molecule has 0 bridgehead atoms. The highest BCUT2D eigenvalue weighted by molar-refractivity contribution is 7.99. The number of thioether (sulfide) groups is 1. The Morgan fingerprint density at radius 1 is 1.10 bits per heavy atom. The van der Waals surface area contributed by atoms with Crippen molar-refractivity contribution in [2.75, 3.05) is 25.4 Å². The van der Waals surface area contributed by atoms with Gasteiger partial charge in [-0.15, -0.1) is 10.2 Å². The second kappa shape index (κ2) is 9.09. The topological polar surface area (TPSA) is 73.1 Å². The Kier molecular flexibility index (Phi) is 6.09. The van der Waals surface area contributed by atoms with Crippen LogP contribution in [0.3, 0.4) is 0 Å². The van der Waals surface area contributed by atoms with Gasteiger partial charge in [0.05, 0.1) is 18.0 Å². The molecule has 1 saturated heterocycles. The largest absolute Gasteiger partial charge is 0.494 e. The van der Waals surface area contributed by atoms with Crippen molar-refractivity contribution in [3.63, 3.8) is 0 Å². The van der Waals surface area contributed by atoms with Crippen LogP contribution in [0, 0.1) is 0 Å². The van der Waals surface area contributed by atoms with Crippen molar-refractivity contribution < 1.29 is 9.53 Å². The first kappa shape index (κ1) is 19.4. The fourth-order valence-corrected chi connectivity index (χ4v) is 4.15.